The van der Waals surface area contributed by atoms with E-state index in [2.05, 4.69) is 29.6 Å². The first-order chi connectivity index (χ1) is 13.9. The third-order valence-corrected chi connectivity index (χ3v) is 7.27. The summed E-state index contributed by atoms with van der Waals surface area (Å²) in [7, 11) is -0.379. The molecule has 2 amide bonds. The van der Waals surface area contributed by atoms with Gasteiger partial charge >= 0.3 is 6.03 Å². The number of rotatable bonds is 6. The highest BCUT2D eigenvalue weighted by atomic mass is 32.2. The molecule has 0 aliphatic carbocycles. The SMILES string of the molecule is CN(C)S(=O)(=O)c1ccc(CCNC(=O)N2CCC(c3ccccc3)CC2)cc1. The summed E-state index contributed by atoms with van der Waals surface area (Å²) in [5.41, 5.74) is 2.35. The Kier molecular flexibility index (Phi) is 6.92. The van der Waals surface area contributed by atoms with E-state index in [1.54, 1.807) is 24.3 Å². The average Bonchev–Trinajstić information content (AvgIpc) is 2.74. The number of urea groups is 1. The summed E-state index contributed by atoms with van der Waals surface area (Å²) in [6.07, 6.45) is 2.63. The quantitative estimate of drug-likeness (QED) is 0.788. The zero-order valence-electron chi connectivity index (χ0n) is 17.0. The Morgan fingerprint density at radius 1 is 1.03 bits per heavy atom. The highest BCUT2D eigenvalue weighted by Crippen LogP contribution is 2.27. The summed E-state index contributed by atoms with van der Waals surface area (Å²) < 4.78 is 25.4. The molecule has 29 heavy (non-hydrogen) atoms. The number of benzene rings is 2. The molecule has 0 spiro atoms. The molecule has 6 nitrogen and oxygen atoms in total. The number of sulfonamides is 1. The number of nitrogens with zero attached hydrogens (tertiary/aromatic N) is 2. The molecule has 7 heteroatoms. The van der Waals surface area contributed by atoms with Gasteiger partial charge in [0.2, 0.25) is 10.0 Å². The molecule has 1 heterocycles. The maximum Gasteiger partial charge on any atom is 0.317 e. The zero-order valence-corrected chi connectivity index (χ0v) is 17.9. The number of piperidine rings is 1. The van der Waals surface area contributed by atoms with E-state index in [0.29, 0.717) is 18.9 Å². The molecule has 0 unspecified atom stereocenters. The Morgan fingerprint density at radius 2 is 1.66 bits per heavy atom. The molecule has 0 atom stereocenters. The van der Waals surface area contributed by atoms with Crippen molar-refractivity contribution in [2.75, 3.05) is 33.7 Å². The first-order valence-electron chi connectivity index (χ1n) is 9.97. The number of carbonyl (C=O) groups is 1. The molecule has 2 aromatic carbocycles. The fourth-order valence-corrected chi connectivity index (χ4v) is 4.51. The van der Waals surface area contributed by atoms with Gasteiger partial charge in [-0.3, -0.25) is 0 Å². The van der Waals surface area contributed by atoms with Crippen molar-refractivity contribution >= 4 is 16.1 Å². The lowest BCUT2D eigenvalue weighted by Crippen LogP contribution is -2.44. The molecule has 2 aromatic rings. The molecular weight excluding hydrogens is 386 g/mol. The van der Waals surface area contributed by atoms with E-state index in [1.165, 1.54) is 24.0 Å². The average molecular weight is 416 g/mol. The number of hydrogen-bond acceptors (Lipinski definition) is 3. The van der Waals surface area contributed by atoms with Crippen LogP contribution in [0.4, 0.5) is 4.79 Å². The Morgan fingerprint density at radius 3 is 2.24 bits per heavy atom. The standard InChI is InChI=1S/C22H29N3O3S/c1-24(2)29(27,28)21-10-8-18(9-11-21)12-15-23-22(26)25-16-13-20(14-17-25)19-6-4-3-5-7-19/h3-11,20H,12-17H2,1-2H3,(H,23,26). The second-order valence-corrected chi connectivity index (χ2v) is 9.74. The molecule has 156 valence electrons. The van der Waals surface area contributed by atoms with Crippen LogP contribution in [0.5, 0.6) is 0 Å². The summed E-state index contributed by atoms with van der Waals surface area (Å²) in [6, 6.07) is 17.3. The van der Waals surface area contributed by atoms with Crippen LogP contribution in [-0.2, 0) is 16.4 Å². The minimum Gasteiger partial charge on any atom is -0.338 e. The van der Waals surface area contributed by atoms with Crippen molar-refractivity contribution < 1.29 is 13.2 Å². The number of likely N-dealkylation sites (tertiary alicyclic amines) is 1. The molecule has 1 fully saturated rings. The van der Waals surface area contributed by atoms with Crippen LogP contribution in [0.3, 0.4) is 0 Å². The Hall–Kier alpha value is -2.38. The van der Waals surface area contributed by atoms with Crippen molar-refractivity contribution in [3.63, 3.8) is 0 Å². The van der Waals surface area contributed by atoms with E-state index in [0.717, 1.165) is 31.5 Å². The van der Waals surface area contributed by atoms with Crippen molar-refractivity contribution in [1.29, 1.82) is 0 Å². The maximum absolute atomic E-state index is 12.4. The molecule has 3 rings (SSSR count). The first kappa shape index (κ1) is 21.3. The van der Waals surface area contributed by atoms with Gasteiger partial charge in [0.1, 0.15) is 0 Å². The fourth-order valence-electron chi connectivity index (χ4n) is 3.61. The number of amides is 2. The first-order valence-corrected chi connectivity index (χ1v) is 11.4. The van der Waals surface area contributed by atoms with Gasteiger partial charge in [-0.15, -0.1) is 0 Å². The van der Waals surface area contributed by atoms with E-state index in [9.17, 15) is 13.2 Å². The summed E-state index contributed by atoms with van der Waals surface area (Å²) in [5, 5.41) is 2.98. The summed E-state index contributed by atoms with van der Waals surface area (Å²) in [4.78, 5) is 14.6. The Labute approximate surface area is 173 Å². The van der Waals surface area contributed by atoms with Crippen molar-refractivity contribution in [1.82, 2.24) is 14.5 Å². The van der Waals surface area contributed by atoms with Crippen LogP contribution in [0.2, 0.25) is 0 Å². The zero-order chi connectivity index (χ0) is 20.9. The highest BCUT2D eigenvalue weighted by Gasteiger charge is 2.23. The van der Waals surface area contributed by atoms with Crippen molar-refractivity contribution in [2.24, 2.45) is 0 Å². The molecular formula is C22H29N3O3S. The van der Waals surface area contributed by atoms with Crippen LogP contribution < -0.4 is 5.32 Å². The topological polar surface area (TPSA) is 69.7 Å². The predicted molar refractivity (Wildman–Crippen MR) is 114 cm³/mol. The Bertz CT molecular complexity index is 904. The maximum atomic E-state index is 12.4. The van der Waals surface area contributed by atoms with Gasteiger partial charge in [-0.1, -0.05) is 42.5 Å². The molecule has 0 bridgehead atoms. The van der Waals surface area contributed by atoms with Crippen LogP contribution in [0, 0.1) is 0 Å². The second kappa shape index (κ2) is 9.41. The predicted octanol–water partition coefficient (Wildman–Crippen LogP) is 3.07. The second-order valence-electron chi connectivity index (χ2n) is 7.59. The molecule has 1 aliphatic heterocycles. The van der Waals surface area contributed by atoms with E-state index in [4.69, 9.17) is 0 Å². The summed E-state index contributed by atoms with van der Waals surface area (Å²) in [6.45, 7) is 2.06. The van der Waals surface area contributed by atoms with Gasteiger partial charge in [0, 0.05) is 33.7 Å². The van der Waals surface area contributed by atoms with Gasteiger partial charge in [0.25, 0.3) is 0 Å². The lowest BCUT2D eigenvalue weighted by atomic mass is 9.90. The number of carbonyl (C=O) groups excluding carboxylic acids is 1. The van der Waals surface area contributed by atoms with Crippen molar-refractivity contribution in [3.05, 3.63) is 65.7 Å². The number of hydrogen-bond donors (Lipinski definition) is 1. The van der Waals surface area contributed by atoms with Gasteiger partial charge in [-0.25, -0.2) is 17.5 Å². The van der Waals surface area contributed by atoms with Crippen LogP contribution in [0.25, 0.3) is 0 Å². The molecule has 1 N–H and O–H groups in total. The monoisotopic (exact) mass is 415 g/mol. The van der Waals surface area contributed by atoms with Crippen LogP contribution >= 0.6 is 0 Å². The molecule has 0 aromatic heterocycles. The Balaban J connectivity index is 1.43. The summed E-state index contributed by atoms with van der Waals surface area (Å²) in [5.74, 6) is 0.525. The van der Waals surface area contributed by atoms with Gasteiger partial charge < -0.3 is 10.2 Å². The van der Waals surface area contributed by atoms with Crippen LogP contribution in [-0.4, -0.2) is 57.4 Å². The van der Waals surface area contributed by atoms with Gasteiger partial charge in [-0.2, -0.15) is 0 Å². The third kappa shape index (κ3) is 5.36. The van der Waals surface area contributed by atoms with Crippen molar-refractivity contribution in [2.45, 2.75) is 30.1 Å². The lowest BCUT2D eigenvalue weighted by molar-refractivity contribution is 0.181. The molecule has 0 radical (unpaired) electrons. The fraction of sp³-hybridized carbons (Fsp3) is 0.409. The molecule has 1 aliphatic rings. The van der Waals surface area contributed by atoms with Crippen LogP contribution in [0.15, 0.2) is 59.5 Å². The third-order valence-electron chi connectivity index (χ3n) is 5.44. The van der Waals surface area contributed by atoms with E-state index < -0.39 is 10.0 Å². The highest BCUT2D eigenvalue weighted by molar-refractivity contribution is 7.89. The minimum atomic E-state index is -3.41. The van der Waals surface area contributed by atoms with Gasteiger partial charge in [0.05, 0.1) is 4.90 Å². The van der Waals surface area contributed by atoms with E-state index in [-0.39, 0.29) is 10.9 Å². The largest absolute Gasteiger partial charge is 0.338 e. The number of nitrogens with one attached hydrogen (secondary N) is 1. The van der Waals surface area contributed by atoms with E-state index in [1.807, 2.05) is 11.0 Å². The molecule has 0 saturated carbocycles. The lowest BCUT2D eigenvalue weighted by Gasteiger charge is -2.32. The van der Waals surface area contributed by atoms with E-state index >= 15 is 0 Å². The van der Waals surface area contributed by atoms with Gasteiger partial charge in [-0.05, 0) is 48.4 Å². The summed E-state index contributed by atoms with van der Waals surface area (Å²) >= 11 is 0. The van der Waals surface area contributed by atoms with Gasteiger partial charge in [0.15, 0.2) is 0 Å². The van der Waals surface area contributed by atoms with Crippen LogP contribution in [0.1, 0.15) is 29.9 Å². The normalized spacial score (nSPS) is 15.5. The van der Waals surface area contributed by atoms with Crippen molar-refractivity contribution in [3.8, 4) is 0 Å². The minimum absolute atomic E-state index is 0.0247. The smallest absolute Gasteiger partial charge is 0.317 e. The molecule has 1 saturated heterocycles.